The Kier molecular flexibility index (Phi) is 2.52. The smallest absolute Gasteiger partial charge is 0.265 e. The number of hydrogen-bond acceptors (Lipinski definition) is 3. The maximum absolute atomic E-state index is 11.8. The lowest BCUT2D eigenvalue weighted by molar-refractivity contribution is -0.125. The van der Waals surface area contributed by atoms with E-state index in [1.54, 1.807) is 0 Å². The van der Waals surface area contributed by atoms with Crippen molar-refractivity contribution in [1.82, 2.24) is 4.90 Å². The lowest BCUT2D eigenvalue weighted by atomic mass is 10.2. The monoisotopic (exact) mass is 227 g/mol. The van der Waals surface area contributed by atoms with E-state index in [-0.39, 0.29) is 28.5 Å². The standard InChI is InChI=1S/C10H10ClNO3/c1-6-4-8(13)12(5-6)10(14)7-2-3-15-9(7)11/h2-3,6H,4-5H2,1H3. The molecule has 1 aliphatic rings. The highest BCUT2D eigenvalue weighted by Crippen LogP contribution is 2.23. The zero-order valence-corrected chi connectivity index (χ0v) is 8.95. The molecule has 0 N–H and O–H groups in total. The van der Waals surface area contributed by atoms with Crippen LogP contribution in [-0.2, 0) is 4.79 Å². The number of furan rings is 1. The zero-order chi connectivity index (χ0) is 11.0. The summed E-state index contributed by atoms with van der Waals surface area (Å²) in [6.07, 6.45) is 1.75. The summed E-state index contributed by atoms with van der Waals surface area (Å²) >= 11 is 5.67. The van der Waals surface area contributed by atoms with Gasteiger partial charge in [0.2, 0.25) is 11.1 Å². The Morgan fingerprint density at radius 3 is 2.87 bits per heavy atom. The van der Waals surface area contributed by atoms with Gasteiger partial charge in [0, 0.05) is 13.0 Å². The van der Waals surface area contributed by atoms with Crippen LogP contribution in [0.3, 0.4) is 0 Å². The summed E-state index contributed by atoms with van der Waals surface area (Å²) in [5, 5.41) is 0.0346. The molecule has 0 spiro atoms. The van der Waals surface area contributed by atoms with Crippen LogP contribution in [0.4, 0.5) is 0 Å². The molecule has 1 unspecified atom stereocenters. The number of imide groups is 1. The first-order chi connectivity index (χ1) is 7.09. The zero-order valence-electron chi connectivity index (χ0n) is 8.20. The maximum Gasteiger partial charge on any atom is 0.265 e. The van der Waals surface area contributed by atoms with Gasteiger partial charge in [-0.05, 0) is 23.6 Å². The second-order valence-electron chi connectivity index (χ2n) is 3.73. The fourth-order valence-corrected chi connectivity index (χ4v) is 1.87. The van der Waals surface area contributed by atoms with Crippen LogP contribution in [0.25, 0.3) is 0 Å². The lowest BCUT2D eigenvalue weighted by Gasteiger charge is -2.12. The molecule has 0 radical (unpaired) electrons. The number of likely N-dealkylation sites (tertiary alicyclic amines) is 1. The molecule has 2 rings (SSSR count). The van der Waals surface area contributed by atoms with Gasteiger partial charge in [-0.1, -0.05) is 6.92 Å². The molecule has 1 fully saturated rings. The van der Waals surface area contributed by atoms with Gasteiger partial charge >= 0.3 is 0 Å². The van der Waals surface area contributed by atoms with Crippen LogP contribution in [0, 0.1) is 5.92 Å². The number of rotatable bonds is 1. The van der Waals surface area contributed by atoms with E-state index in [0.29, 0.717) is 13.0 Å². The van der Waals surface area contributed by atoms with Crippen molar-refractivity contribution in [2.75, 3.05) is 6.54 Å². The van der Waals surface area contributed by atoms with Crippen LogP contribution in [0.15, 0.2) is 16.7 Å². The van der Waals surface area contributed by atoms with Gasteiger partial charge in [0.25, 0.3) is 5.91 Å². The quantitative estimate of drug-likeness (QED) is 0.689. The molecule has 1 aliphatic heterocycles. The minimum Gasteiger partial charge on any atom is -0.452 e. The Labute approximate surface area is 91.8 Å². The highest BCUT2D eigenvalue weighted by atomic mass is 35.5. The van der Waals surface area contributed by atoms with Crippen LogP contribution in [-0.4, -0.2) is 23.3 Å². The fraction of sp³-hybridized carbons (Fsp3) is 0.400. The maximum atomic E-state index is 11.8. The Bertz CT molecular complexity index is 413. The van der Waals surface area contributed by atoms with Gasteiger partial charge in [0.1, 0.15) is 0 Å². The van der Waals surface area contributed by atoms with Gasteiger partial charge in [-0.2, -0.15) is 0 Å². The summed E-state index contributed by atoms with van der Waals surface area (Å²) in [7, 11) is 0. The molecule has 2 heterocycles. The first kappa shape index (κ1) is 10.2. The molecule has 2 amide bonds. The van der Waals surface area contributed by atoms with E-state index in [9.17, 15) is 9.59 Å². The van der Waals surface area contributed by atoms with Crippen LogP contribution in [0.2, 0.25) is 5.22 Å². The predicted octanol–water partition coefficient (Wildman–Crippen LogP) is 1.94. The third-order valence-corrected chi connectivity index (χ3v) is 2.70. The number of halogens is 1. The lowest BCUT2D eigenvalue weighted by Crippen LogP contribution is -2.32. The van der Waals surface area contributed by atoms with E-state index >= 15 is 0 Å². The van der Waals surface area contributed by atoms with Gasteiger partial charge < -0.3 is 4.42 Å². The summed E-state index contributed by atoms with van der Waals surface area (Å²) in [6.45, 7) is 2.39. The van der Waals surface area contributed by atoms with E-state index in [0.717, 1.165) is 0 Å². The molecule has 1 saturated heterocycles. The van der Waals surface area contributed by atoms with Gasteiger partial charge in [-0.25, -0.2) is 0 Å². The first-order valence-corrected chi connectivity index (χ1v) is 5.05. The molecule has 4 nitrogen and oxygen atoms in total. The molecule has 0 aliphatic carbocycles. The molecule has 1 aromatic heterocycles. The summed E-state index contributed by atoms with van der Waals surface area (Å²) in [4.78, 5) is 24.5. The van der Waals surface area contributed by atoms with Crippen molar-refractivity contribution in [3.8, 4) is 0 Å². The molecule has 0 aromatic carbocycles. The van der Waals surface area contributed by atoms with Crippen molar-refractivity contribution in [1.29, 1.82) is 0 Å². The first-order valence-electron chi connectivity index (χ1n) is 4.67. The molecule has 0 saturated carbocycles. The average molecular weight is 228 g/mol. The Hall–Kier alpha value is -1.29. The minimum absolute atomic E-state index is 0.0346. The van der Waals surface area contributed by atoms with Gasteiger partial charge in [0.05, 0.1) is 11.8 Å². The predicted molar refractivity (Wildman–Crippen MR) is 53.5 cm³/mol. The highest BCUT2D eigenvalue weighted by Gasteiger charge is 2.33. The number of nitrogens with zero attached hydrogens (tertiary/aromatic N) is 1. The number of carbonyl (C=O) groups excluding carboxylic acids is 2. The van der Waals surface area contributed by atoms with Crippen molar-refractivity contribution in [3.05, 3.63) is 23.1 Å². The Morgan fingerprint density at radius 2 is 2.40 bits per heavy atom. The number of hydrogen-bond donors (Lipinski definition) is 0. The second kappa shape index (κ2) is 3.70. The SMILES string of the molecule is CC1CC(=O)N(C(=O)c2ccoc2Cl)C1. The van der Waals surface area contributed by atoms with E-state index in [4.69, 9.17) is 16.0 Å². The molecule has 1 aromatic rings. The molecule has 1 atom stereocenters. The molecule has 15 heavy (non-hydrogen) atoms. The van der Waals surface area contributed by atoms with Gasteiger partial charge in [0.15, 0.2) is 0 Å². The van der Waals surface area contributed by atoms with Crippen molar-refractivity contribution in [2.45, 2.75) is 13.3 Å². The average Bonchev–Trinajstić information content (AvgIpc) is 2.71. The van der Waals surface area contributed by atoms with Crippen molar-refractivity contribution >= 4 is 23.4 Å². The summed E-state index contributed by atoms with van der Waals surface area (Å²) in [6, 6.07) is 1.47. The van der Waals surface area contributed by atoms with Gasteiger partial charge in [-0.15, -0.1) is 0 Å². The molecule has 5 heteroatoms. The van der Waals surface area contributed by atoms with E-state index in [1.807, 2.05) is 6.92 Å². The van der Waals surface area contributed by atoms with Crippen LogP contribution in [0.1, 0.15) is 23.7 Å². The van der Waals surface area contributed by atoms with E-state index in [1.165, 1.54) is 17.2 Å². The summed E-state index contributed by atoms with van der Waals surface area (Å²) in [5.74, 6) is -0.306. The van der Waals surface area contributed by atoms with E-state index < -0.39 is 0 Å². The Balaban J connectivity index is 2.22. The fourth-order valence-electron chi connectivity index (χ4n) is 1.67. The van der Waals surface area contributed by atoms with Crippen molar-refractivity contribution < 1.29 is 14.0 Å². The van der Waals surface area contributed by atoms with Crippen molar-refractivity contribution in [3.63, 3.8) is 0 Å². The molecule has 80 valence electrons. The Morgan fingerprint density at radius 1 is 1.67 bits per heavy atom. The number of carbonyl (C=O) groups is 2. The van der Waals surface area contributed by atoms with Crippen LogP contribution in [0.5, 0.6) is 0 Å². The minimum atomic E-state index is -0.372. The summed E-state index contributed by atoms with van der Waals surface area (Å²) in [5.41, 5.74) is 0.249. The topological polar surface area (TPSA) is 50.5 Å². The normalized spacial score (nSPS) is 21.1. The second-order valence-corrected chi connectivity index (χ2v) is 4.07. The van der Waals surface area contributed by atoms with Crippen LogP contribution < -0.4 is 0 Å². The highest BCUT2D eigenvalue weighted by molar-refractivity contribution is 6.32. The molecular formula is C10H10ClNO3. The van der Waals surface area contributed by atoms with Crippen LogP contribution >= 0.6 is 11.6 Å². The van der Waals surface area contributed by atoms with E-state index in [2.05, 4.69) is 0 Å². The third kappa shape index (κ3) is 1.77. The molecular weight excluding hydrogens is 218 g/mol. The summed E-state index contributed by atoms with van der Waals surface area (Å²) < 4.78 is 4.81. The molecule has 0 bridgehead atoms. The largest absolute Gasteiger partial charge is 0.452 e. The van der Waals surface area contributed by atoms with Gasteiger partial charge in [-0.3, -0.25) is 14.5 Å². The number of amides is 2. The van der Waals surface area contributed by atoms with Crippen molar-refractivity contribution in [2.24, 2.45) is 5.92 Å². The third-order valence-electron chi connectivity index (χ3n) is 2.41.